The normalized spacial score (nSPS) is 10.4. The highest BCUT2D eigenvalue weighted by molar-refractivity contribution is 9.10. The van der Waals surface area contributed by atoms with Gasteiger partial charge >= 0.3 is 0 Å². The molecule has 1 aromatic carbocycles. The molecule has 0 bridgehead atoms. The van der Waals surface area contributed by atoms with Gasteiger partial charge in [-0.05, 0) is 53.5 Å². The van der Waals surface area contributed by atoms with Crippen LogP contribution in [-0.2, 0) is 0 Å². The molecule has 0 aliphatic heterocycles. The molecule has 1 heterocycles. The van der Waals surface area contributed by atoms with Crippen LogP contribution in [0.4, 0.5) is 15.9 Å². The van der Waals surface area contributed by atoms with Gasteiger partial charge in [0.2, 0.25) is 0 Å². The maximum absolute atomic E-state index is 13.5. The highest BCUT2D eigenvalue weighted by atomic mass is 79.9. The van der Waals surface area contributed by atoms with Crippen molar-refractivity contribution >= 4 is 44.6 Å². The van der Waals surface area contributed by atoms with Gasteiger partial charge in [0, 0.05) is 5.69 Å². The van der Waals surface area contributed by atoms with Gasteiger partial charge in [-0.3, -0.25) is 0 Å². The van der Waals surface area contributed by atoms with E-state index in [1.165, 1.54) is 6.07 Å². The van der Waals surface area contributed by atoms with Crippen LogP contribution in [0.2, 0.25) is 0 Å². The summed E-state index contributed by atoms with van der Waals surface area (Å²) in [7, 11) is 0. The number of aryl methyl sites for hydroxylation is 1. The van der Waals surface area contributed by atoms with E-state index in [-0.39, 0.29) is 10.8 Å². The summed E-state index contributed by atoms with van der Waals surface area (Å²) in [6, 6.07) is 4.67. The molecule has 0 radical (unpaired) electrons. The minimum absolute atomic E-state index is 0.223. The Hall–Kier alpha value is -1.60. The maximum atomic E-state index is 13.5. The first-order valence-corrected chi connectivity index (χ1v) is 6.96. The average Bonchev–Trinajstić information content (AvgIpc) is 2.38. The quantitative estimate of drug-likeness (QED) is 0.827. The lowest BCUT2D eigenvalue weighted by Gasteiger charge is -2.13. The zero-order valence-corrected chi connectivity index (χ0v) is 13.3. The van der Waals surface area contributed by atoms with Gasteiger partial charge in [-0.15, -0.1) is 5.10 Å². The van der Waals surface area contributed by atoms with Crippen molar-refractivity contribution in [1.82, 2.24) is 10.2 Å². The van der Waals surface area contributed by atoms with Crippen LogP contribution in [0.25, 0.3) is 0 Å². The smallest absolute Gasteiger partial charge is 0.163 e. The maximum Gasteiger partial charge on any atom is 0.163 e. The SMILES string of the molecule is Cc1nnc(Nc2ccc(Br)c(F)c2)c(C(N)=S)c1C. The van der Waals surface area contributed by atoms with E-state index in [9.17, 15) is 4.39 Å². The van der Waals surface area contributed by atoms with E-state index in [0.29, 0.717) is 21.5 Å². The fourth-order valence-electron chi connectivity index (χ4n) is 1.71. The van der Waals surface area contributed by atoms with E-state index in [1.807, 2.05) is 13.8 Å². The molecular formula is C13H12BrFN4S. The van der Waals surface area contributed by atoms with Gasteiger partial charge in [-0.25, -0.2) is 4.39 Å². The van der Waals surface area contributed by atoms with Gasteiger partial charge < -0.3 is 11.1 Å². The van der Waals surface area contributed by atoms with E-state index >= 15 is 0 Å². The number of rotatable bonds is 3. The lowest BCUT2D eigenvalue weighted by Crippen LogP contribution is -2.16. The molecule has 0 saturated heterocycles. The lowest BCUT2D eigenvalue weighted by atomic mass is 10.1. The molecule has 0 amide bonds. The Balaban J connectivity index is 2.45. The van der Waals surface area contributed by atoms with Gasteiger partial charge in [-0.2, -0.15) is 5.10 Å². The molecule has 0 atom stereocenters. The van der Waals surface area contributed by atoms with Crippen molar-refractivity contribution in [3.63, 3.8) is 0 Å². The zero-order valence-electron chi connectivity index (χ0n) is 10.9. The fourth-order valence-corrected chi connectivity index (χ4v) is 2.20. The van der Waals surface area contributed by atoms with Crippen LogP contribution in [0, 0.1) is 19.7 Å². The largest absolute Gasteiger partial charge is 0.389 e. The molecule has 7 heteroatoms. The number of halogens is 2. The lowest BCUT2D eigenvalue weighted by molar-refractivity contribution is 0.622. The average molecular weight is 355 g/mol. The summed E-state index contributed by atoms with van der Waals surface area (Å²) in [5, 5.41) is 11.1. The Morgan fingerprint density at radius 3 is 2.65 bits per heavy atom. The van der Waals surface area contributed by atoms with E-state index < -0.39 is 0 Å². The minimum Gasteiger partial charge on any atom is -0.389 e. The Kier molecular flexibility index (Phi) is 4.29. The molecule has 1 aromatic heterocycles. The molecule has 3 N–H and O–H groups in total. The zero-order chi connectivity index (χ0) is 14.9. The number of nitrogens with two attached hydrogens (primary N) is 1. The van der Waals surface area contributed by atoms with Gasteiger partial charge in [0.1, 0.15) is 10.8 Å². The van der Waals surface area contributed by atoms with Crippen LogP contribution in [0.1, 0.15) is 16.8 Å². The Bertz CT molecular complexity index is 690. The number of aromatic nitrogens is 2. The number of nitrogens with one attached hydrogen (secondary N) is 1. The summed E-state index contributed by atoms with van der Waals surface area (Å²) < 4.78 is 13.9. The number of anilines is 2. The summed E-state index contributed by atoms with van der Waals surface area (Å²) in [4.78, 5) is 0.223. The molecule has 0 spiro atoms. The molecule has 0 aliphatic carbocycles. The Labute approximate surface area is 129 Å². The summed E-state index contributed by atoms with van der Waals surface area (Å²) in [6.07, 6.45) is 0. The monoisotopic (exact) mass is 354 g/mol. The van der Waals surface area contributed by atoms with Crippen molar-refractivity contribution in [3.05, 3.63) is 45.3 Å². The highest BCUT2D eigenvalue weighted by Crippen LogP contribution is 2.25. The summed E-state index contributed by atoms with van der Waals surface area (Å²) in [5.41, 5.74) is 8.50. The van der Waals surface area contributed by atoms with Gasteiger partial charge in [0.25, 0.3) is 0 Å². The van der Waals surface area contributed by atoms with Crippen LogP contribution >= 0.6 is 28.1 Å². The van der Waals surface area contributed by atoms with E-state index in [2.05, 4.69) is 31.4 Å². The van der Waals surface area contributed by atoms with Crippen LogP contribution in [-0.4, -0.2) is 15.2 Å². The molecule has 0 unspecified atom stereocenters. The highest BCUT2D eigenvalue weighted by Gasteiger charge is 2.14. The van der Waals surface area contributed by atoms with Gasteiger partial charge in [-0.1, -0.05) is 12.2 Å². The third kappa shape index (κ3) is 2.94. The topological polar surface area (TPSA) is 63.8 Å². The van der Waals surface area contributed by atoms with Gasteiger partial charge in [0.05, 0.1) is 15.7 Å². The van der Waals surface area contributed by atoms with E-state index in [1.54, 1.807) is 12.1 Å². The third-order valence-electron chi connectivity index (χ3n) is 2.88. The first-order chi connectivity index (χ1) is 9.40. The molecule has 104 valence electrons. The molecule has 0 fully saturated rings. The second-order valence-electron chi connectivity index (χ2n) is 4.25. The predicted octanol–water partition coefficient (Wildman–Crippen LogP) is 3.37. The van der Waals surface area contributed by atoms with Crippen LogP contribution in [0.3, 0.4) is 0 Å². The first kappa shape index (κ1) is 14.8. The van der Waals surface area contributed by atoms with E-state index in [4.69, 9.17) is 18.0 Å². The minimum atomic E-state index is -0.372. The van der Waals surface area contributed by atoms with Crippen LogP contribution in [0.15, 0.2) is 22.7 Å². The second kappa shape index (κ2) is 5.80. The van der Waals surface area contributed by atoms with Crippen molar-refractivity contribution in [1.29, 1.82) is 0 Å². The van der Waals surface area contributed by atoms with Crippen molar-refractivity contribution in [3.8, 4) is 0 Å². The number of thiocarbonyl (C=S) groups is 1. The second-order valence-corrected chi connectivity index (χ2v) is 5.55. The van der Waals surface area contributed by atoms with Crippen LogP contribution < -0.4 is 11.1 Å². The molecule has 0 saturated carbocycles. The van der Waals surface area contributed by atoms with Crippen molar-refractivity contribution in [2.45, 2.75) is 13.8 Å². The van der Waals surface area contributed by atoms with Crippen molar-refractivity contribution in [2.75, 3.05) is 5.32 Å². The summed E-state index contributed by atoms with van der Waals surface area (Å²) >= 11 is 8.15. The molecule has 0 aliphatic rings. The van der Waals surface area contributed by atoms with E-state index in [0.717, 1.165) is 11.3 Å². The first-order valence-electron chi connectivity index (χ1n) is 5.76. The van der Waals surface area contributed by atoms with Crippen molar-refractivity contribution in [2.24, 2.45) is 5.73 Å². The van der Waals surface area contributed by atoms with Crippen molar-refractivity contribution < 1.29 is 4.39 Å². The number of nitrogens with zero attached hydrogens (tertiary/aromatic N) is 2. The summed E-state index contributed by atoms with van der Waals surface area (Å²) in [6.45, 7) is 3.69. The molecule has 20 heavy (non-hydrogen) atoms. The standard InChI is InChI=1S/C13H12BrFN4S/c1-6-7(2)18-19-13(11(6)12(16)20)17-8-3-4-9(14)10(15)5-8/h3-5H,1-2H3,(H2,16,20)(H,17,19). The number of hydrogen-bond acceptors (Lipinski definition) is 4. The molecule has 4 nitrogen and oxygen atoms in total. The third-order valence-corrected chi connectivity index (χ3v) is 3.73. The van der Waals surface area contributed by atoms with Crippen LogP contribution in [0.5, 0.6) is 0 Å². The Morgan fingerprint density at radius 1 is 1.35 bits per heavy atom. The molecule has 2 rings (SSSR count). The summed E-state index contributed by atoms with van der Waals surface area (Å²) in [5.74, 6) is 0.0472. The molecular weight excluding hydrogens is 343 g/mol. The fraction of sp³-hybridized carbons (Fsp3) is 0.154. The number of benzene rings is 1. The predicted molar refractivity (Wildman–Crippen MR) is 84.8 cm³/mol. The number of hydrogen-bond donors (Lipinski definition) is 2. The van der Waals surface area contributed by atoms with Gasteiger partial charge in [0.15, 0.2) is 5.82 Å². The Morgan fingerprint density at radius 2 is 2.05 bits per heavy atom. The molecule has 2 aromatic rings.